The number of carbonyl (C=O) groups excluding carboxylic acids is 3. The predicted octanol–water partition coefficient (Wildman–Crippen LogP) is 0.0151. The van der Waals surface area contributed by atoms with E-state index in [9.17, 15) is 14.4 Å². The Hall–Kier alpha value is -1.67. The molecule has 1 aliphatic heterocycles. The van der Waals surface area contributed by atoms with Crippen LogP contribution in [0.2, 0.25) is 0 Å². The molecule has 2 amide bonds. The number of ether oxygens (including phenoxy) is 2. The van der Waals surface area contributed by atoms with Crippen LogP contribution in [0.5, 0.6) is 0 Å². The van der Waals surface area contributed by atoms with Gasteiger partial charge in [-0.15, -0.1) is 0 Å². The van der Waals surface area contributed by atoms with Gasteiger partial charge in [0, 0.05) is 39.8 Å². The number of nitrogens with zero attached hydrogens (tertiary/aromatic N) is 2. The van der Waals surface area contributed by atoms with Gasteiger partial charge in [-0.25, -0.2) is 0 Å². The quantitative estimate of drug-likeness (QED) is 0.369. The van der Waals surface area contributed by atoms with Gasteiger partial charge in [0.25, 0.3) is 0 Å². The van der Waals surface area contributed by atoms with E-state index in [0.29, 0.717) is 45.2 Å². The summed E-state index contributed by atoms with van der Waals surface area (Å²) in [4.78, 5) is 40.0. The van der Waals surface area contributed by atoms with Crippen molar-refractivity contribution >= 4 is 17.8 Å². The smallest absolute Gasteiger partial charge is 0.315 e. The Morgan fingerprint density at radius 2 is 1.73 bits per heavy atom. The molecule has 1 atom stereocenters. The average Bonchev–Trinajstić information content (AvgIpc) is 3.16. The first kappa shape index (κ1) is 20.6. The molecule has 0 aromatic rings. The average molecular weight is 369 g/mol. The Morgan fingerprint density at radius 1 is 1.08 bits per heavy atom. The van der Waals surface area contributed by atoms with Gasteiger partial charge in [0.2, 0.25) is 11.8 Å². The largest absolute Gasteiger partial charge is 0.469 e. The van der Waals surface area contributed by atoms with E-state index in [1.165, 1.54) is 20.0 Å². The topological polar surface area (TPSA) is 88.2 Å². The van der Waals surface area contributed by atoms with Gasteiger partial charge in [-0.3, -0.25) is 19.3 Å². The summed E-state index contributed by atoms with van der Waals surface area (Å²) in [7, 11) is 2.90. The summed E-state index contributed by atoms with van der Waals surface area (Å²) < 4.78 is 9.57. The molecule has 1 aliphatic carbocycles. The fourth-order valence-corrected chi connectivity index (χ4v) is 3.89. The summed E-state index contributed by atoms with van der Waals surface area (Å²) in [5.41, 5.74) is 0. The van der Waals surface area contributed by atoms with Crippen molar-refractivity contribution in [3.8, 4) is 0 Å². The van der Waals surface area contributed by atoms with Crippen LogP contribution in [0, 0.1) is 5.92 Å². The molecule has 0 aromatic carbocycles. The van der Waals surface area contributed by atoms with E-state index in [2.05, 4.69) is 15.0 Å². The van der Waals surface area contributed by atoms with Crippen LogP contribution in [0.3, 0.4) is 0 Å². The second-order valence-electron chi connectivity index (χ2n) is 6.94. The highest BCUT2D eigenvalue weighted by atomic mass is 16.5. The third kappa shape index (κ3) is 5.67. The van der Waals surface area contributed by atoms with Gasteiger partial charge >= 0.3 is 5.97 Å². The Morgan fingerprint density at radius 3 is 2.31 bits per heavy atom. The predicted molar refractivity (Wildman–Crippen MR) is 95.4 cm³/mol. The standard InChI is InChI=1S/C18H31N3O5/c1-25-12-7-19-18(24)17(14-5-3-4-6-14)21-10-8-20(9-11-21)15(22)13-16(23)26-2/h14,17H,3-13H2,1-2H3,(H,19,24). The first-order valence-electron chi connectivity index (χ1n) is 9.42. The van der Waals surface area contributed by atoms with Crippen LogP contribution in [0.15, 0.2) is 0 Å². The minimum atomic E-state index is -0.515. The monoisotopic (exact) mass is 369 g/mol. The van der Waals surface area contributed by atoms with E-state index in [-0.39, 0.29) is 24.3 Å². The molecule has 26 heavy (non-hydrogen) atoms. The molecule has 1 unspecified atom stereocenters. The Kier molecular flexibility index (Phi) is 8.31. The van der Waals surface area contributed by atoms with E-state index in [1.807, 2.05) is 0 Å². The van der Waals surface area contributed by atoms with Crippen molar-refractivity contribution < 1.29 is 23.9 Å². The van der Waals surface area contributed by atoms with Crippen LogP contribution in [0.4, 0.5) is 0 Å². The van der Waals surface area contributed by atoms with Gasteiger partial charge < -0.3 is 19.7 Å². The van der Waals surface area contributed by atoms with Gasteiger partial charge in [-0.1, -0.05) is 12.8 Å². The summed E-state index contributed by atoms with van der Waals surface area (Å²) in [6.45, 7) is 3.36. The van der Waals surface area contributed by atoms with Crippen LogP contribution in [0.1, 0.15) is 32.1 Å². The maximum Gasteiger partial charge on any atom is 0.315 e. The van der Waals surface area contributed by atoms with Crippen molar-refractivity contribution in [2.75, 3.05) is 53.6 Å². The summed E-state index contributed by atoms with van der Waals surface area (Å²) in [5, 5.41) is 2.98. The molecule has 0 spiro atoms. The number of amides is 2. The van der Waals surface area contributed by atoms with Crippen LogP contribution >= 0.6 is 0 Å². The zero-order valence-electron chi connectivity index (χ0n) is 15.9. The zero-order chi connectivity index (χ0) is 18.9. The van der Waals surface area contributed by atoms with Crippen LogP contribution < -0.4 is 5.32 Å². The van der Waals surface area contributed by atoms with E-state index < -0.39 is 5.97 Å². The number of hydrogen-bond donors (Lipinski definition) is 1. The number of rotatable bonds is 8. The molecule has 2 aliphatic rings. The highest BCUT2D eigenvalue weighted by Crippen LogP contribution is 2.31. The summed E-state index contributed by atoms with van der Waals surface area (Å²) >= 11 is 0. The molecular weight excluding hydrogens is 338 g/mol. The maximum absolute atomic E-state index is 12.8. The first-order chi connectivity index (χ1) is 12.6. The van der Waals surface area contributed by atoms with Crippen molar-refractivity contribution in [3.05, 3.63) is 0 Å². The molecule has 8 heteroatoms. The molecule has 0 aromatic heterocycles. The number of methoxy groups -OCH3 is 2. The van der Waals surface area contributed by atoms with E-state index in [4.69, 9.17) is 4.74 Å². The van der Waals surface area contributed by atoms with E-state index in [1.54, 1.807) is 12.0 Å². The summed E-state index contributed by atoms with van der Waals surface area (Å²) in [5.74, 6) is -0.296. The van der Waals surface area contributed by atoms with Gasteiger partial charge in [-0.2, -0.15) is 0 Å². The Balaban J connectivity index is 1.91. The third-order valence-corrected chi connectivity index (χ3v) is 5.30. The molecule has 148 valence electrons. The van der Waals surface area contributed by atoms with Crippen molar-refractivity contribution in [2.24, 2.45) is 5.92 Å². The number of nitrogens with one attached hydrogen (secondary N) is 1. The normalized spacial score (nSPS) is 20.0. The van der Waals surface area contributed by atoms with Crippen LogP contribution in [0.25, 0.3) is 0 Å². The van der Waals surface area contributed by atoms with E-state index in [0.717, 1.165) is 12.8 Å². The molecular formula is C18H31N3O5. The lowest BCUT2D eigenvalue weighted by atomic mass is 9.95. The van der Waals surface area contributed by atoms with Gasteiger partial charge in [0.15, 0.2) is 0 Å². The Labute approximate surface area is 155 Å². The highest BCUT2D eigenvalue weighted by molar-refractivity contribution is 5.94. The second-order valence-corrected chi connectivity index (χ2v) is 6.94. The first-order valence-corrected chi connectivity index (χ1v) is 9.42. The van der Waals surface area contributed by atoms with Crippen LogP contribution in [-0.4, -0.2) is 87.2 Å². The highest BCUT2D eigenvalue weighted by Gasteiger charge is 2.37. The molecule has 8 nitrogen and oxygen atoms in total. The lowest BCUT2D eigenvalue weighted by molar-refractivity contribution is -0.147. The van der Waals surface area contributed by atoms with E-state index >= 15 is 0 Å². The molecule has 0 bridgehead atoms. The van der Waals surface area contributed by atoms with Crippen molar-refractivity contribution in [2.45, 2.75) is 38.1 Å². The van der Waals surface area contributed by atoms with Gasteiger partial charge in [0.05, 0.1) is 19.8 Å². The lowest BCUT2D eigenvalue weighted by Gasteiger charge is -2.40. The molecule has 2 rings (SSSR count). The zero-order valence-corrected chi connectivity index (χ0v) is 15.9. The molecule has 0 radical (unpaired) electrons. The van der Waals surface area contributed by atoms with Crippen molar-refractivity contribution in [1.29, 1.82) is 0 Å². The molecule has 1 saturated heterocycles. The summed E-state index contributed by atoms with van der Waals surface area (Å²) in [6.07, 6.45) is 4.27. The van der Waals surface area contributed by atoms with Crippen molar-refractivity contribution in [1.82, 2.24) is 15.1 Å². The molecule has 2 fully saturated rings. The third-order valence-electron chi connectivity index (χ3n) is 5.30. The maximum atomic E-state index is 12.8. The van der Waals surface area contributed by atoms with Gasteiger partial charge in [-0.05, 0) is 18.8 Å². The van der Waals surface area contributed by atoms with Crippen LogP contribution in [-0.2, 0) is 23.9 Å². The minimum Gasteiger partial charge on any atom is -0.469 e. The Bertz CT molecular complexity index is 485. The molecule has 1 N–H and O–H groups in total. The molecule has 1 heterocycles. The fraction of sp³-hybridized carbons (Fsp3) is 0.833. The number of esters is 1. The summed E-state index contributed by atoms with van der Waals surface area (Å²) in [6, 6.07) is -0.146. The second kappa shape index (κ2) is 10.5. The lowest BCUT2D eigenvalue weighted by Crippen LogP contribution is -2.58. The number of hydrogen-bond acceptors (Lipinski definition) is 6. The fourth-order valence-electron chi connectivity index (χ4n) is 3.89. The van der Waals surface area contributed by atoms with Crippen molar-refractivity contribution in [3.63, 3.8) is 0 Å². The number of carbonyl (C=O) groups is 3. The molecule has 1 saturated carbocycles. The number of piperazine rings is 1. The minimum absolute atomic E-state index is 0.0586. The SMILES string of the molecule is COCCNC(=O)C(C1CCCC1)N1CCN(C(=O)CC(=O)OC)CC1. The van der Waals surface area contributed by atoms with Gasteiger partial charge in [0.1, 0.15) is 6.42 Å².